The van der Waals surface area contributed by atoms with E-state index in [0.717, 1.165) is 19.3 Å². The molecule has 1 amide bonds. The van der Waals surface area contributed by atoms with Crippen LogP contribution in [0.5, 0.6) is 5.75 Å². The van der Waals surface area contributed by atoms with Crippen molar-refractivity contribution >= 4 is 17.3 Å². The molecular formula is C15H22N2O2. The van der Waals surface area contributed by atoms with Crippen LogP contribution < -0.4 is 11.1 Å². The molecular weight excluding hydrogens is 240 g/mol. The van der Waals surface area contributed by atoms with E-state index in [0.29, 0.717) is 11.4 Å². The number of anilines is 2. The number of benzene rings is 1. The highest BCUT2D eigenvalue weighted by atomic mass is 16.3. The first-order valence-corrected chi connectivity index (χ1v) is 6.79. The molecule has 19 heavy (non-hydrogen) atoms. The number of nitrogens with two attached hydrogens (primary N) is 1. The maximum Gasteiger partial charge on any atom is 0.228 e. The first-order chi connectivity index (χ1) is 8.90. The topological polar surface area (TPSA) is 75.3 Å². The first kappa shape index (κ1) is 13.7. The van der Waals surface area contributed by atoms with Gasteiger partial charge in [-0.25, -0.2) is 0 Å². The summed E-state index contributed by atoms with van der Waals surface area (Å²) in [5.74, 6) is 0.157. The molecule has 1 atom stereocenters. The zero-order valence-electron chi connectivity index (χ0n) is 11.6. The fourth-order valence-electron chi connectivity index (χ4n) is 2.86. The number of rotatable bonds is 2. The number of carbonyl (C=O) groups is 1. The fraction of sp³-hybridized carbons (Fsp3) is 0.533. The van der Waals surface area contributed by atoms with Crippen LogP contribution in [-0.2, 0) is 4.79 Å². The number of nitrogens with one attached hydrogen (secondary N) is 1. The Hall–Kier alpha value is -1.71. The van der Waals surface area contributed by atoms with Crippen molar-refractivity contribution in [3.63, 3.8) is 0 Å². The quantitative estimate of drug-likeness (QED) is 0.566. The van der Waals surface area contributed by atoms with Crippen LogP contribution in [0.25, 0.3) is 0 Å². The summed E-state index contributed by atoms with van der Waals surface area (Å²) in [6, 6.07) is 4.61. The molecule has 1 aliphatic carbocycles. The number of carbonyl (C=O) groups excluding carboxylic acids is 1. The van der Waals surface area contributed by atoms with E-state index in [1.807, 2.05) is 0 Å². The lowest BCUT2D eigenvalue weighted by Gasteiger charge is -2.37. The Morgan fingerprint density at radius 3 is 2.79 bits per heavy atom. The van der Waals surface area contributed by atoms with Gasteiger partial charge in [-0.3, -0.25) is 4.79 Å². The van der Waals surface area contributed by atoms with Crippen LogP contribution in [0, 0.1) is 11.3 Å². The molecule has 0 saturated heterocycles. The van der Waals surface area contributed by atoms with Gasteiger partial charge in [-0.2, -0.15) is 0 Å². The van der Waals surface area contributed by atoms with Crippen LogP contribution >= 0.6 is 0 Å². The summed E-state index contributed by atoms with van der Waals surface area (Å²) >= 11 is 0. The van der Waals surface area contributed by atoms with E-state index in [1.165, 1.54) is 18.6 Å². The predicted octanol–water partition coefficient (Wildman–Crippen LogP) is 3.13. The molecule has 1 unspecified atom stereocenters. The third kappa shape index (κ3) is 3.00. The molecule has 1 aliphatic rings. The van der Waals surface area contributed by atoms with E-state index in [-0.39, 0.29) is 23.0 Å². The fourth-order valence-corrected chi connectivity index (χ4v) is 2.86. The van der Waals surface area contributed by atoms with Gasteiger partial charge in [0.05, 0.1) is 11.4 Å². The molecule has 4 N–H and O–H groups in total. The van der Waals surface area contributed by atoms with Gasteiger partial charge in [0, 0.05) is 12.0 Å². The average molecular weight is 262 g/mol. The molecule has 0 heterocycles. The highest BCUT2D eigenvalue weighted by Gasteiger charge is 2.37. The molecule has 1 aromatic rings. The van der Waals surface area contributed by atoms with E-state index in [4.69, 9.17) is 5.73 Å². The van der Waals surface area contributed by atoms with Gasteiger partial charge < -0.3 is 16.2 Å². The van der Waals surface area contributed by atoms with Crippen molar-refractivity contribution in [2.75, 3.05) is 11.1 Å². The van der Waals surface area contributed by atoms with Gasteiger partial charge in [0.1, 0.15) is 5.75 Å². The molecule has 1 saturated carbocycles. The summed E-state index contributed by atoms with van der Waals surface area (Å²) in [5.41, 5.74) is 6.79. The van der Waals surface area contributed by atoms with Crippen LogP contribution in [0.4, 0.5) is 11.4 Å². The predicted molar refractivity (Wildman–Crippen MR) is 76.9 cm³/mol. The van der Waals surface area contributed by atoms with Gasteiger partial charge in [0.2, 0.25) is 5.91 Å². The van der Waals surface area contributed by atoms with Crippen LogP contribution in [0.3, 0.4) is 0 Å². The summed E-state index contributed by atoms with van der Waals surface area (Å²) in [4.78, 5) is 12.4. The molecule has 0 radical (unpaired) electrons. The summed E-state index contributed by atoms with van der Waals surface area (Å²) in [7, 11) is 0. The number of nitrogen functional groups attached to an aromatic ring is 1. The molecule has 4 heteroatoms. The van der Waals surface area contributed by atoms with Crippen molar-refractivity contribution in [1.29, 1.82) is 0 Å². The summed E-state index contributed by atoms with van der Waals surface area (Å²) in [6.07, 6.45) is 4.30. The Labute approximate surface area is 114 Å². The molecule has 0 aliphatic heterocycles. The summed E-state index contributed by atoms with van der Waals surface area (Å²) in [5, 5.41) is 12.2. The van der Waals surface area contributed by atoms with E-state index in [9.17, 15) is 9.90 Å². The maximum atomic E-state index is 12.4. The molecule has 1 fully saturated rings. The second-order valence-electron chi connectivity index (χ2n) is 6.05. The Bertz CT molecular complexity index is 483. The third-order valence-electron chi connectivity index (χ3n) is 4.12. The van der Waals surface area contributed by atoms with Crippen molar-refractivity contribution in [3.8, 4) is 5.75 Å². The van der Waals surface area contributed by atoms with Gasteiger partial charge in [-0.05, 0) is 30.4 Å². The van der Waals surface area contributed by atoms with Gasteiger partial charge in [-0.1, -0.05) is 26.7 Å². The molecule has 2 rings (SSSR count). The van der Waals surface area contributed by atoms with Crippen LogP contribution in [0.15, 0.2) is 18.2 Å². The van der Waals surface area contributed by atoms with Crippen molar-refractivity contribution < 1.29 is 9.90 Å². The highest BCUT2D eigenvalue weighted by molar-refractivity contribution is 5.96. The second-order valence-corrected chi connectivity index (χ2v) is 6.05. The van der Waals surface area contributed by atoms with Crippen molar-refractivity contribution in [3.05, 3.63) is 18.2 Å². The standard InChI is InChI=1S/C15H22N2O2/c1-15(2)8-4-3-5-11(15)14(19)17-13-7-6-10(18)9-12(13)16/h6-7,9,11,18H,3-5,8,16H2,1-2H3,(H,17,19). The Morgan fingerprint density at radius 2 is 2.16 bits per heavy atom. The minimum atomic E-state index is 0.0226. The average Bonchev–Trinajstić information content (AvgIpc) is 2.32. The molecule has 4 nitrogen and oxygen atoms in total. The van der Waals surface area contributed by atoms with Gasteiger partial charge in [-0.15, -0.1) is 0 Å². The van der Waals surface area contributed by atoms with Gasteiger partial charge in [0.15, 0.2) is 0 Å². The number of aromatic hydroxyl groups is 1. The minimum Gasteiger partial charge on any atom is -0.508 e. The molecule has 0 aromatic heterocycles. The number of phenolic OH excluding ortho intramolecular Hbond substituents is 1. The Balaban J connectivity index is 2.12. The summed E-state index contributed by atoms with van der Waals surface area (Å²) < 4.78 is 0. The molecule has 1 aromatic carbocycles. The number of phenols is 1. The first-order valence-electron chi connectivity index (χ1n) is 6.79. The SMILES string of the molecule is CC1(C)CCCCC1C(=O)Nc1ccc(O)cc1N. The zero-order chi connectivity index (χ0) is 14.0. The lowest BCUT2D eigenvalue weighted by atomic mass is 9.68. The smallest absolute Gasteiger partial charge is 0.228 e. The zero-order valence-corrected chi connectivity index (χ0v) is 11.6. The Kier molecular flexibility index (Phi) is 3.69. The molecule has 0 bridgehead atoms. The van der Waals surface area contributed by atoms with Crippen LogP contribution in [0.1, 0.15) is 39.5 Å². The van der Waals surface area contributed by atoms with E-state index in [2.05, 4.69) is 19.2 Å². The van der Waals surface area contributed by atoms with Crippen LogP contribution in [0.2, 0.25) is 0 Å². The number of hydrogen-bond acceptors (Lipinski definition) is 3. The molecule has 104 valence electrons. The minimum absolute atomic E-state index is 0.0226. The lowest BCUT2D eigenvalue weighted by molar-refractivity contribution is -0.124. The van der Waals surface area contributed by atoms with Crippen molar-refractivity contribution in [2.45, 2.75) is 39.5 Å². The monoisotopic (exact) mass is 262 g/mol. The van der Waals surface area contributed by atoms with Gasteiger partial charge >= 0.3 is 0 Å². The largest absolute Gasteiger partial charge is 0.508 e. The van der Waals surface area contributed by atoms with E-state index < -0.39 is 0 Å². The normalized spacial score (nSPS) is 21.9. The second kappa shape index (κ2) is 5.11. The lowest BCUT2D eigenvalue weighted by Crippen LogP contribution is -2.37. The van der Waals surface area contributed by atoms with Crippen LogP contribution in [-0.4, -0.2) is 11.0 Å². The highest BCUT2D eigenvalue weighted by Crippen LogP contribution is 2.41. The van der Waals surface area contributed by atoms with E-state index >= 15 is 0 Å². The van der Waals surface area contributed by atoms with E-state index in [1.54, 1.807) is 6.07 Å². The van der Waals surface area contributed by atoms with Gasteiger partial charge in [0.25, 0.3) is 0 Å². The van der Waals surface area contributed by atoms with Crippen molar-refractivity contribution in [1.82, 2.24) is 0 Å². The third-order valence-corrected chi connectivity index (χ3v) is 4.12. The number of amides is 1. The van der Waals surface area contributed by atoms with Crippen molar-refractivity contribution in [2.24, 2.45) is 11.3 Å². The maximum absolute atomic E-state index is 12.4. The summed E-state index contributed by atoms with van der Waals surface area (Å²) in [6.45, 7) is 4.30. The number of hydrogen-bond donors (Lipinski definition) is 3. The molecule has 0 spiro atoms. The Morgan fingerprint density at radius 1 is 1.42 bits per heavy atom.